The number of methoxy groups -OCH3 is 1. The van der Waals surface area contributed by atoms with Gasteiger partial charge in [0.2, 0.25) is 0 Å². The Kier molecular flexibility index (Phi) is 8.79. The molecular formula is C33H46BN4O6. The molecule has 4 aliphatic carbocycles. The van der Waals surface area contributed by atoms with Crippen molar-refractivity contribution in [3.8, 4) is 5.75 Å². The summed E-state index contributed by atoms with van der Waals surface area (Å²) in [5.41, 5.74) is 5.67. The number of ether oxygens (including phenoxy) is 1. The number of ketones is 1. The third-order valence-corrected chi connectivity index (χ3v) is 10.4. The van der Waals surface area contributed by atoms with Gasteiger partial charge in [-0.25, -0.2) is 0 Å². The molecule has 0 aliphatic heterocycles. The monoisotopic (exact) mass is 605 g/mol. The predicted octanol–water partition coefficient (Wildman–Crippen LogP) is 2.12. The molecule has 4 atom stereocenters. The number of nitrogens with zero attached hydrogens (tertiary/aromatic N) is 3. The summed E-state index contributed by atoms with van der Waals surface area (Å²) in [5, 5.41) is 35.1. The summed E-state index contributed by atoms with van der Waals surface area (Å²) >= 11 is 0. The summed E-state index contributed by atoms with van der Waals surface area (Å²) in [6, 6.07) is 1.05. The van der Waals surface area contributed by atoms with Crippen molar-refractivity contribution in [2.45, 2.75) is 63.6 Å². The first-order valence-electron chi connectivity index (χ1n) is 15.6. The number of primary amides is 1. The Bertz CT molecular complexity index is 1450. The van der Waals surface area contributed by atoms with E-state index < -0.39 is 46.2 Å². The third-order valence-electron chi connectivity index (χ3n) is 10.4. The summed E-state index contributed by atoms with van der Waals surface area (Å²) in [7, 11) is 15.2. The molecule has 1 aromatic rings. The minimum atomic E-state index is -2.34. The second-order valence-corrected chi connectivity index (χ2v) is 13.4. The maximum absolute atomic E-state index is 14.3. The maximum atomic E-state index is 14.3. The Morgan fingerprint density at radius 3 is 2.39 bits per heavy atom. The minimum absolute atomic E-state index is 0.0501. The molecule has 1 radical (unpaired) electrons. The van der Waals surface area contributed by atoms with Gasteiger partial charge in [0.15, 0.2) is 0 Å². The summed E-state index contributed by atoms with van der Waals surface area (Å²) in [6.45, 7) is 4.83. The molecule has 44 heavy (non-hydrogen) atoms. The Balaban J connectivity index is 1.64. The van der Waals surface area contributed by atoms with Gasteiger partial charge in [0.1, 0.15) is 0 Å². The Morgan fingerprint density at radius 2 is 1.84 bits per heavy atom. The number of nitrogens with two attached hydrogens (primary N) is 1. The van der Waals surface area contributed by atoms with Crippen LogP contribution in [-0.2, 0) is 22.6 Å². The molecule has 0 heterocycles. The number of amides is 1. The van der Waals surface area contributed by atoms with E-state index in [2.05, 4.69) is 16.7 Å². The zero-order valence-electron chi connectivity index (χ0n) is 26.8. The summed E-state index contributed by atoms with van der Waals surface area (Å²) in [5.74, 6) is -2.66. The quantitative estimate of drug-likeness (QED) is 0.312. The van der Waals surface area contributed by atoms with Crippen molar-refractivity contribution in [1.29, 1.82) is 0 Å². The molecule has 2 saturated carbocycles. The van der Waals surface area contributed by atoms with Crippen LogP contribution in [0.25, 0.3) is 5.76 Å². The van der Waals surface area contributed by atoms with Crippen LogP contribution in [0.5, 0.6) is 5.75 Å². The van der Waals surface area contributed by atoms with Crippen molar-refractivity contribution in [2.24, 2.45) is 23.5 Å². The second kappa shape index (κ2) is 12.0. The van der Waals surface area contributed by atoms with Crippen LogP contribution in [0.2, 0.25) is 0 Å². The number of rotatable bonds is 9. The van der Waals surface area contributed by atoms with Crippen molar-refractivity contribution >= 4 is 36.1 Å². The topological polar surface area (TPSA) is 140 Å². The number of aliphatic hydroxyl groups excluding tert-OH is 2. The van der Waals surface area contributed by atoms with Gasteiger partial charge in [-0.3, -0.25) is 0 Å². The van der Waals surface area contributed by atoms with Gasteiger partial charge in [0.05, 0.1) is 0 Å². The van der Waals surface area contributed by atoms with E-state index in [1.165, 1.54) is 25.7 Å². The van der Waals surface area contributed by atoms with Crippen molar-refractivity contribution in [3.63, 3.8) is 0 Å². The molecule has 0 spiro atoms. The van der Waals surface area contributed by atoms with Crippen LogP contribution >= 0.6 is 0 Å². The molecule has 4 aliphatic rings. The van der Waals surface area contributed by atoms with Gasteiger partial charge < -0.3 is 0 Å². The van der Waals surface area contributed by atoms with E-state index >= 15 is 0 Å². The molecule has 0 unspecified atom stereocenters. The average Bonchev–Trinajstić information content (AvgIpc) is 3.46. The van der Waals surface area contributed by atoms with Gasteiger partial charge in [-0.2, -0.15) is 0 Å². The molecule has 0 aromatic heterocycles. The van der Waals surface area contributed by atoms with Crippen LogP contribution in [0.4, 0.5) is 5.69 Å². The molecule has 237 valence electrons. The number of benzene rings is 1. The Morgan fingerprint density at radius 1 is 1.18 bits per heavy atom. The van der Waals surface area contributed by atoms with Crippen LogP contribution in [0, 0.1) is 17.8 Å². The number of carbonyl (C=O) groups is 2. The van der Waals surface area contributed by atoms with Gasteiger partial charge >= 0.3 is 223 Å². The molecule has 1 aromatic carbocycles. The molecule has 0 saturated heterocycles. The zero-order chi connectivity index (χ0) is 32.2. The Hall–Kier alpha value is -3.15. The number of aliphatic hydroxyl groups is 3. The normalized spacial score (nSPS) is 27.1. The number of Topliss-reactive ketones (excluding diaryl/α,β-unsaturated/α-hetero) is 1. The number of hydrogen-bond acceptors (Lipinski definition) is 9. The summed E-state index contributed by atoms with van der Waals surface area (Å²) in [4.78, 5) is 32.9. The predicted molar refractivity (Wildman–Crippen MR) is 172 cm³/mol. The standard InChI is InChI=1S/C33H46BN4O6/c1-7-38(15-17-10-8-9-11-17)16-19-14-22(44-6)24-20(26(19)36(2)3)12-18-13-21-27(37(4)5)29(40)25(32(35)42)30(34)33(21,43)31(41)23(18)28(24)39/h14,17-18,21,27,39-40,43H,7-13,15-16H2,1-6H3,(H2,35,42)/t18-,21-,27-,33+/m0/s1. The molecule has 5 rings (SSSR count). The molecular weight excluding hydrogens is 559 g/mol. The van der Waals surface area contributed by atoms with Gasteiger partial charge in [-0.05, 0) is 18.8 Å². The molecule has 0 bridgehead atoms. The first-order valence-corrected chi connectivity index (χ1v) is 15.6. The molecule has 2 fully saturated rings. The second-order valence-electron chi connectivity index (χ2n) is 13.4. The molecule has 1 amide bonds. The van der Waals surface area contributed by atoms with Crippen LogP contribution < -0.4 is 15.4 Å². The third kappa shape index (κ3) is 4.97. The first kappa shape index (κ1) is 32.3. The van der Waals surface area contributed by atoms with Crippen LogP contribution in [0.1, 0.15) is 55.7 Å². The van der Waals surface area contributed by atoms with Crippen LogP contribution in [0.15, 0.2) is 23.0 Å². The SMILES string of the molecule is [B]=C1C(C(N)=O)=C(O)[C@@H](N(C)C)[C@@H]2C[C@@H]3Cc4c(c(OC)cc(CN(CC)CC5CCCC5)c4N(C)C)C(O)=C3C(=O)[C@]12O. The van der Waals surface area contributed by atoms with Crippen molar-refractivity contribution < 1.29 is 29.6 Å². The van der Waals surface area contributed by atoms with Crippen LogP contribution in [-0.4, -0.2) is 110 Å². The van der Waals surface area contributed by atoms with Gasteiger partial charge in [0, 0.05) is 0 Å². The van der Waals surface area contributed by atoms with Gasteiger partial charge in [-0.15, -0.1) is 0 Å². The zero-order valence-corrected chi connectivity index (χ0v) is 26.8. The molecule has 5 N–H and O–H groups in total. The number of likely N-dealkylation sites (N-methyl/N-ethyl adjacent to an activating group) is 1. The van der Waals surface area contributed by atoms with E-state index in [0.717, 1.165) is 36.4 Å². The van der Waals surface area contributed by atoms with Crippen molar-refractivity contribution in [2.75, 3.05) is 53.3 Å². The van der Waals surface area contributed by atoms with E-state index in [9.17, 15) is 24.9 Å². The van der Waals surface area contributed by atoms with E-state index in [4.69, 9.17) is 18.0 Å². The Labute approximate surface area is 261 Å². The van der Waals surface area contributed by atoms with E-state index in [1.807, 2.05) is 20.2 Å². The van der Waals surface area contributed by atoms with E-state index in [0.29, 0.717) is 23.7 Å². The van der Waals surface area contributed by atoms with Crippen molar-refractivity contribution in [3.05, 3.63) is 39.7 Å². The number of hydrogen-bond donors (Lipinski definition) is 4. The van der Waals surface area contributed by atoms with Gasteiger partial charge in [-0.1, -0.05) is 19.8 Å². The number of anilines is 1. The molecule has 10 nitrogen and oxygen atoms in total. The van der Waals surface area contributed by atoms with Crippen LogP contribution in [0.3, 0.4) is 0 Å². The summed E-state index contributed by atoms with van der Waals surface area (Å²) in [6.07, 6.45) is 5.73. The summed E-state index contributed by atoms with van der Waals surface area (Å²) < 4.78 is 5.84. The van der Waals surface area contributed by atoms with E-state index in [1.54, 1.807) is 26.1 Å². The van der Waals surface area contributed by atoms with E-state index in [-0.39, 0.29) is 23.5 Å². The van der Waals surface area contributed by atoms with Gasteiger partial charge in [0.25, 0.3) is 0 Å². The average molecular weight is 606 g/mol. The first-order chi connectivity index (χ1) is 20.8. The number of fused-ring (bicyclic) bond motifs is 3. The fraction of sp³-hybridized carbons (Fsp3) is 0.606. The fourth-order valence-electron chi connectivity index (χ4n) is 8.39. The fourth-order valence-corrected chi connectivity index (χ4v) is 8.39. The van der Waals surface area contributed by atoms with Crippen molar-refractivity contribution in [1.82, 2.24) is 9.80 Å². The molecule has 11 heteroatoms. The number of carbonyl (C=O) groups excluding carboxylic acids is 2.